The Hall–Kier alpha value is -1.94. The van der Waals surface area contributed by atoms with Crippen molar-refractivity contribution in [1.29, 1.82) is 0 Å². The Morgan fingerprint density at radius 2 is 1.61 bits per heavy atom. The summed E-state index contributed by atoms with van der Waals surface area (Å²) in [4.78, 5) is 12.0. The maximum absolute atomic E-state index is 13.2. The van der Waals surface area contributed by atoms with Crippen molar-refractivity contribution in [3.8, 4) is 0 Å². The van der Waals surface area contributed by atoms with Crippen LogP contribution < -0.4 is 5.73 Å². The Bertz CT molecular complexity index is 575. The van der Waals surface area contributed by atoms with Crippen LogP contribution in [-0.2, 0) is 0 Å². The highest BCUT2D eigenvalue weighted by molar-refractivity contribution is 6.31. The molecule has 5 heteroatoms. The van der Waals surface area contributed by atoms with Gasteiger partial charge in [-0.25, -0.2) is 8.78 Å². The molecule has 0 fully saturated rings. The van der Waals surface area contributed by atoms with Gasteiger partial charge in [-0.2, -0.15) is 0 Å². The summed E-state index contributed by atoms with van der Waals surface area (Å²) in [6.07, 6.45) is 0. The number of benzene rings is 2. The summed E-state index contributed by atoms with van der Waals surface area (Å²) < 4.78 is 26.2. The molecule has 0 atom stereocenters. The summed E-state index contributed by atoms with van der Waals surface area (Å²) in [6, 6.07) is 7.31. The summed E-state index contributed by atoms with van der Waals surface area (Å²) in [5.41, 5.74) is 5.59. The number of hydrogen-bond donors (Lipinski definition) is 1. The minimum absolute atomic E-state index is 0.0383. The van der Waals surface area contributed by atoms with E-state index >= 15 is 0 Å². The number of hydrogen-bond acceptors (Lipinski definition) is 2. The highest BCUT2D eigenvalue weighted by atomic mass is 35.5. The van der Waals surface area contributed by atoms with Crippen LogP contribution in [0.1, 0.15) is 15.9 Å². The standard InChI is InChI=1S/C13H8ClF2NO/c14-9-5-7(1-3-10(9)15)13(18)8-2-4-12(17)11(16)6-8/h1-6H,17H2. The molecular weight excluding hydrogens is 260 g/mol. The first kappa shape index (κ1) is 12.5. The van der Waals surface area contributed by atoms with E-state index in [4.69, 9.17) is 17.3 Å². The van der Waals surface area contributed by atoms with Crippen molar-refractivity contribution < 1.29 is 13.6 Å². The average molecular weight is 268 g/mol. The van der Waals surface area contributed by atoms with E-state index < -0.39 is 17.4 Å². The van der Waals surface area contributed by atoms with Gasteiger partial charge in [0.2, 0.25) is 0 Å². The molecule has 0 amide bonds. The minimum atomic E-state index is -0.672. The molecule has 2 N–H and O–H groups in total. The molecule has 0 aliphatic rings. The molecule has 2 aromatic carbocycles. The van der Waals surface area contributed by atoms with Crippen LogP contribution in [0.3, 0.4) is 0 Å². The van der Waals surface area contributed by atoms with Crippen LogP contribution in [0.5, 0.6) is 0 Å². The van der Waals surface area contributed by atoms with Crippen molar-refractivity contribution in [2.75, 3.05) is 5.73 Å². The molecule has 0 saturated carbocycles. The molecule has 92 valence electrons. The SMILES string of the molecule is Nc1ccc(C(=O)c2ccc(F)c(Cl)c2)cc1F. The fourth-order valence-corrected chi connectivity index (χ4v) is 1.65. The van der Waals surface area contributed by atoms with Crippen molar-refractivity contribution in [2.24, 2.45) is 0 Å². The van der Waals surface area contributed by atoms with E-state index in [1.165, 1.54) is 24.3 Å². The molecule has 0 aromatic heterocycles. The second-order valence-electron chi connectivity index (χ2n) is 3.69. The van der Waals surface area contributed by atoms with Crippen LogP contribution in [0.15, 0.2) is 36.4 Å². The molecule has 2 rings (SSSR count). The van der Waals surface area contributed by atoms with Crippen LogP contribution >= 0.6 is 11.6 Å². The lowest BCUT2D eigenvalue weighted by atomic mass is 10.0. The first-order chi connectivity index (χ1) is 8.49. The summed E-state index contributed by atoms with van der Waals surface area (Å²) in [5, 5.41) is -0.156. The van der Waals surface area contributed by atoms with E-state index in [0.717, 1.165) is 12.1 Å². The van der Waals surface area contributed by atoms with Gasteiger partial charge in [0.1, 0.15) is 11.6 Å². The largest absolute Gasteiger partial charge is 0.396 e. The Morgan fingerprint density at radius 3 is 2.22 bits per heavy atom. The maximum atomic E-state index is 13.2. The number of anilines is 1. The number of rotatable bonds is 2. The summed E-state index contributed by atoms with van der Waals surface area (Å²) in [6.45, 7) is 0. The monoisotopic (exact) mass is 267 g/mol. The number of carbonyl (C=O) groups is 1. The summed E-state index contributed by atoms with van der Waals surface area (Å²) >= 11 is 5.58. The smallest absolute Gasteiger partial charge is 0.193 e. The van der Waals surface area contributed by atoms with Crippen molar-refractivity contribution in [1.82, 2.24) is 0 Å². The molecule has 0 unspecified atom stereocenters. The zero-order valence-corrected chi connectivity index (χ0v) is 9.84. The third kappa shape index (κ3) is 2.33. The van der Waals surface area contributed by atoms with Crippen LogP contribution in [0.25, 0.3) is 0 Å². The molecule has 0 saturated heterocycles. The second kappa shape index (κ2) is 4.74. The molecule has 0 heterocycles. The Morgan fingerprint density at radius 1 is 1.00 bits per heavy atom. The number of carbonyl (C=O) groups excluding carboxylic acids is 1. The van der Waals surface area contributed by atoms with E-state index in [9.17, 15) is 13.6 Å². The van der Waals surface area contributed by atoms with Crippen molar-refractivity contribution in [2.45, 2.75) is 0 Å². The van der Waals surface area contributed by atoms with Gasteiger partial charge in [0.15, 0.2) is 5.78 Å². The van der Waals surface area contributed by atoms with E-state index in [-0.39, 0.29) is 21.8 Å². The highest BCUT2D eigenvalue weighted by Crippen LogP contribution is 2.20. The van der Waals surface area contributed by atoms with Gasteiger partial charge in [-0.05, 0) is 36.4 Å². The number of nitrogen functional groups attached to an aromatic ring is 1. The number of halogens is 3. The number of ketones is 1. The van der Waals surface area contributed by atoms with Gasteiger partial charge in [-0.1, -0.05) is 11.6 Å². The van der Waals surface area contributed by atoms with Crippen LogP contribution in [-0.4, -0.2) is 5.78 Å². The normalized spacial score (nSPS) is 10.4. The Balaban J connectivity index is 2.41. The molecule has 0 bridgehead atoms. The lowest BCUT2D eigenvalue weighted by Crippen LogP contribution is -2.03. The first-order valence-electron chi connectivity index (χ1n) is 5.04. The Labute approximate surface area is 107 Å². The zero-order chi connectivity index (χ0) is 13.3. The quantitative estimate of drug-likeness (QED) is 0.669. The summed E-state index contributed by atoms with van der Waals surface area (Å²) in [7, 11) is 0. The zero-order valence-electron chi connectivity index (χ0n) is 9.08. The molecule has 2 nitrogen and oxygen atoms in total. The third-order valence-electron chi connectivity index (χ3n) is 2.44. The van der Waals surface area contributed by atoms with Gasteiger partial charge in [0, 0.05) is 11.1 Å². The Kier molecular flexibility index (Phi) is 3.30. The fraction of sp³-hybridized carbons (Fsp3) is 0. The second-order valence-corrected chi connectivity index (χ2v) is 4.10. The van der Waals surface area contributed by atoms with E-state index in [1.54, 1.807) is 0 Å². The molecule has 0 spiro atoms. The molecule has 18 heavy (non-hydrogen) atoms. The van der Waals surface area contributed by atoms with E-state index in [0.29, 0.717) is 0 Å². The first-order valence-corrected chi connectivity index (χ1v) is 5.41. The predicted octanol–water partition coefficient (Wildman–Crippen LogP) is 3.43. The molecule has 0 aliphatic heterocycles. The van der Waals surface area contributed by atoms with Gasteiger partial charge in [-0.15, -0.1) is 0 Å². The lowest BCUT2D eigenvalue weighted by molar-refractivity contribution is 0.103. The van der Waals surface area contributed by atoms with E-state index in [1.807, 2.05) is 0 Å². The highest BCUT2D eigenvalue weighted by Gasteiger charge is 2.12. The van der Waals surface area contributed by atoms with Gasteiger partial charge in [-0.3, -0.25) is 4.79 Å². The lowest BCUT2D eigenvalue weighted by Gasteiger charge is -2.04. The molecule has 2 aromatic rings. The van der Waals surface area contributed by atoms with Crippen molar-refractivity contribution in [3.63, 3.8) is 0 Å². The van der Waals surface area contributed by atoms with Crippen LogP contribution in [0.4, 0.5) is 14.5 Å². The molecule has 0 aliphatic carbocycles. The van der Waals surface area contributed by atoms with Gasteiger partial charge in [0.05, 0.1) is 10.7 Å². The average Bonchev–Trinajstić information content (AvgIpc) is 2.35. The topological polar surface area (TPSA) is 43.1 Å². The summed E-state index contributed by atoms with van der Waals surface area (Å²) in [5.74, 6) is -1.73. The minimum Gasteiger partial charge on any atom is -0.396 e. The maximum Gasteiger partial charge on any atom is 0.193 e. The van der Waals surface area contributed by atoms with Gasteiger partial charge >= 0.3 is 0 Å². The van der Waals surface area contributed by atoms with Crippen LogP contribution in [0, 0.1) is 11.6 Å². The number of nitrogens with two attached hydrogens (primary N) is 1. The molecular formula is C13H8ClF2NO. The van der Waals surface area contributed by atoms with Gasteiger partial charge < -0.3 is 5.73 Å². The van der Waals surface area contributed by atoms with Crippen LogP contribution in [0.2, 0.25) is 5.02 Å². The van der Waals surface area contributed by atoms with Gasteiger partial charge in [0.25, 0.3) is 0 Å². The third-order valence-corrected chi connectivity index (χ3v) is 2.73. The molecule has 0 radical (unpaired) electrons. The van der Waals surface area contributed by atoms with Crippen molar-refractivity contribution >= 4 is 23.1 Å². The predicted molar refractivity (Wildman–Crippen MR) is 65.7 cm³/mol. The van der Waals surface area contributed by atoms with Crippen molar-refractivity contribution in [3.05, 3.63) is 64.2 Å². The fourth-order valence-electron chi connectivity index (χ4n) is 1.47. The van der Waals surface area contributed by atoms with E-state index in [2.05, 4.69) is 0 Å².